The van der Waals surface area contributed by atoms with Crippen molar-refractivity contribution in [1.82, 2.24) is 4.98 Å². The van der Waals surface area contributed by atoms with Gasteiger partial charge in [0.1, 0.15) is 5.78 Å². The molecular formula is C12H19N3O2. The molecule has 0 saturated carbocycles. The Kier molecular flexibility index (Phi) is 5.06. The lowest BCUT2D eigenvalue weighted by molar-refractivity contribution is -0.115. The van der Waals surface area contributed by atoms with Gasteiger partial charge in [0, 0.05) is 25.2 Å². The van der Waals surface area contributed by atoms with Gasteiger partial charge < -0.3 is 15.7 Å². The maximum atomic E-state index is 11.0. The number of rotatable bonds is 6. The fourth-order valence-electron chi connectivity index (χ4n) is 1.52. The van der Waals surface area contributed by atoms with E-state index in [0.717, 1.165) is 11.4 Å². The summed E-state index contributed by atoms with van der Waals surface area (Å²) in [6, 6.07) is 3.49. The first-order valence-corrected chi connectivity index (χ1v) is 5.55. The third kappa shape index (κ3) is 4.50. The zero-order valence-corrected chi connectivity index (χ0v) is 10.3. The fourth-order valence-corrected chi connectivity index (χ4v) is 1.52. The Hall–Kier alpha value is -1.46. The monoisotopic (exact) mass is 237 g/mol. The first-order chi connectivity index (χ1) is 8.02. The van der Waals surface area contributed by atoms with Crippen molar-refractivity contribution < 1.29 is 9.90 Å². The van der Waals surface area contributed by atoms with Gasteiger partial charge in [-0.15, -0.1) is 0 Å². The molecule has 3 N–H and O–H groups in total. The van der Waals surface area contributed by atoms with Crippen LogP contribution in [0.1, 0.15) is 12.6 Å². The van der Waals surface area contributed by atoms with E-state index in [0.29, 0.717) is 13.0 Å². The number of pyridine rings is 1. The summed E-state index contributed by atoms with van der Waals surface area (Å²) in [4.78, 5) is 17.1. The first-order valence-electron chi connectivity index (χ1n) is 5.55. The summed E-state index contributed by atoms with van der Waals surface area (Å²) in [6.07, 6.45) is 2.26. The summed E-state index contributed by atoms with van der Waals surface area (Å²) >= 11 is 0. The highest BCUT2D eigenvalue weighted by Gasteiger charge is 2.06. The molecule has 0 bridgehead atoms. The standard InChI is InChI=1S/C12H19N3O2/c1-9(17)7-15(2)12-4-3-11(14-6-12)5-10(13)8-16/h3-4,6,10,16H,5,7-8,13H2,1-2H3. The fraction of sp³-hybridized carbons (Fsp3) is 0.500. The van der Waals surface area contributed by atoms with Crippen LogP contribution in [-0.4, -0.2) is 42.1 Å². The van der Waals surface area contributed by atoms with Crippen molar-refractivity contribution in [2.45, 2.75) is 19.4 Å². The molecule has 5 nitrogen and oxygen atoms in total. The van der Waals surface area contributed by atoms with E-state index in [-0.39, 0.29) is 18.4 Å². The minimum absolute atomic E-state index is 0.0479. The highest BCUT2D eigenvalue weighted by atomic mass is 16.3. The maximum absolute atomic E-state index is 11.0. The molecule has 1 aromatic heterocycles. The molecule has 0 radical (unpaired) electrons. The van der Waals surface area contributed by atoms with E-state index < -0.39 is 0 Å². The number of anilines is 1. The molecule has 1 atom stereocenters. The maximum Gasteiger partial charge on any atom is 0.149 e. The van der Waals surface area contributed by atoms with Crippen LogP contribution >= 0.6 is 0 Å². The van der Waals surface area contributed by atoms with Gasteiger partial charge in [-0.05, 0) is 19.1 Å². The number of Topliss-reactive ketones (excluding diaryl/α,β-unsaturated/α-hetero) is 1. The van der Waals surface area contributed by atoms with Crippen molar-refractivity contribution in [3.8, 4) is 0 Å². The van der Waals surface area contributed by atoms with E-state index in [2.05, 4.69) is 4.98 Å². The van der Waals surface area contributed by atoms with Gasteiger partial charge in [-0.2, -0.15) is 0 Å². The van der Waals surface area contributed by atoms with Crippen LogP contribution in [0.5, 0.6) is 0 Å². The zero-order chi connectivity index (χ0) is 12.8. The van der Waals surface area contributed by atoms with E-state index in [1.165, 1.54) is 0 Å². The molecule has 0 aliphatic rings. The average molecular weight is 237 g/mol. The normalized spacial score (nSPS) is 12.2. The second kappa shape index (κ2) is 6.32. The summed E-state index contributed by atoms with van der Waals surface area (Å²) in [6.45, 7) is 1.88. The summed E-state index contributed by atoms with van der Waals surface area (Å²) in [5.41, 5.74) is 7.35. The van der Waals surface area contributed by atoms with E-state index in [1.807, 2.05) is 24.1 Å². The van der Waals surface area contributed by atoms with Crippen LogP contribution in [0.15, 0.2) is 18.3 Å². The van der Waals surface area contributed by atoms with Crippen LogP contribution in [0, 0.1) is 0 Å². The van der Waals surface area contributed by atoms with E-state index in [4.69, 9.17) is 10.8 Å². The van der Waals surface area contributed by atoms with Crippen LogP contribution in [-0.2, 0) is 11.2 Å². The van der Waals surface area contributed by atoms with Gasteiger partial charge in [0.15, 0.2) is 0 Å². The number of ketones is 1. The number of nitrogens with zero attached hydrogens (tertiary/aromatic N) is 2. The van der Waals surface area contributed by atoms with Crippen molar-refractivity contribution in [2.75, 3.05) is 25.1 Å². The SMILES string of the molecule is CC(=O)CN(C)c1ccc(CC(N)CO)nc1. The molecule has 1 unspecified atom stereocenters. The first kappa shape index (κ1) is 13.6. The second-order valence-corrected chi connectivity index (χ2v) is 4.21. The van der Waals surface area contributed by atoms with Crippen LogP contribution < -0.4 is 10.6 Å². The van der Waals surface area contributed by atoms with Gasteiger partial charge in [0.2, 0.25) is 0 Å². The Morgan fingerprint density at radius 2 is 2.29 bits per heavy atom. The Morgan fingerprint density at radius 1 is 1.59 bits per heavy atom. The van der Waals surface area contributed by atoms with Gasteiger partial charge in [-0.1, -0.05) is 0 Å². The Morgan fingerprint density at radius 3 is 2.76 bits per heavy atom. The number of hydrogen-bond acceptors (Lipinski definition) is 5. The van der Waals surface area contributed by atoms with E-state index in [9.17, 15) is 4.79 Å². The lowest BCUT2D eigenvalue weighted by Gasteiger charge is -2.17. The molecular weight excluding hydrogens is 218 g/mol. The summed E-state index contributed by atoms with van der Waals surface area (Å²) in [5.74, 6) is 0.110. The molecule has 0 saturated heterocycles. The van der Waals surface area contributed by atoms with E-state index in [1.54, 1.807) is 13.1 Å². The molecule has 5 heteroatoms. The predicted molar refractivity (Wildman–Crippen MR) is 67.0 cm³/mol. The highest BCUT2D eigenvalue weighted by Crippen LogP contribution is 2.11. The molecule has 1 aromatic rings. The van der Waals surface area contributed by atoms with Crippen molar-refractivity contribution in [3.05, 3.63) is 24.0 Å². The minimum atomic E-state index is -0.275. The number of aliphatic hydroxyl groups is 1. The highest BCUT2D eigenvalue weighted by molar-refractivity contribution is 5.80. The lowest BCUT2D eigenvalue weighted by atomic mass is 10.1. The van der Waals surface area contributed by atoms with Gasteiger partial charge in [-0.3, -0.25) is 9.78 Å². The number of aliphatic hydroxyl groups excluding tert-OH is 1. The molecule has 0 amide bonds. The van der Waals surface area contributed by atoms with Crippen LogP contribution in [0.4, 0.5) is 5.69 Å². The van der Waals surface area contributed by atoms with Crippen LogP contribution in [0.3, 0.4) is 0 Å². The Labute approximate surface area is 101 Å². The van der Waals surface area contributed by atoms with Crippen molar-refractivity contribution in [2.24, 2.45) is 5.73 Å². The summed E-state index contributed by atoms with van der Waals surface area (Å²) in [5, 5.41) is 8.84. The second-order valence-electron chi connectivity index (χ2n) is 4.21. The van der Waals surface area contributed by atoms with Gasteiger partial charge in [0.05, 0.1) is 25.0 Å². The topological polar surface area (TPSA) is 79.5 Å². The van der Waals surface area contributed by atoms with Crippen molar-refractivity contribution in [1.29, 1.82) is 0 Å². The lowest BCUT2D eigenvalue weighted by Crippen LogP contribution is -2.27. The number of likely N-dealkylation sites (N-methyl/N-ethyl adjacent to an activating group) is 1. The minimum Gasteiger partial charge on any atom is -0.395 e. The summed E-state index contributed by atoms with van der Waals surface area (Å²) in [7, 11) is 1.84. The van der Waals surface area contributed by atoms with Gasteiger partial charge in [-0.25, -0.2) is 0 Å². The third-order valence-electron chi connectivity index (χ3n) is 2.42. The smallest absolute Gasteiger partial charge is 0.149 e. The number of carbonyl (C=O) groups excluding carboxylic acids is 1. The van der Waals surface area contributed by atoms with E-state index >= 15 is 0 Å². The molecule has 0 aliphatic heterocycles. The molecule has 94 valence electrons. The van der Waals surface area contributed by atoms with Crippen molar-refractivity contribution >= 4 is 11.5 Å². The molecule has 0 aromatic carbocycles. The number of carbonyl (C=O) groups is 1. The van der Waals surface area contributed by atoms with Crippen molar-refractivity contribution in [3.63, 3.8) is 0 Å². The molecule has 1 heterocycles. The summed E-state index contributed by atoms with van der Waals surface area (Å²) < 4.78 is 0. The number of hydrogen-bond donors (Lipinski definition) is 2. The average Bonchev–Trinajstić information content (AvgIpc) is 2.28. The number of nitrogens with two attached hydrogens (primary N) is 1. The van der Waals surface area contributed by atoms with Crippen LogP contribution in [0.2, 0.25) is 0 Å². The molecule has 0 aliphatic carbocycles. The largest absolute Gasteiger partial charge is 0.395 e. The van der Waals surface area contributed by atoms with Crippen LogP contribution in [0.25, 0.3) is 0 Å². The zero-order valence-electron chi connectivity index (χ0n) is 10.3. The molecule has 1 rings (SSSR count). The van der Waals surface area contributed by atoms with Gasteiger partial charge in [0.25, 0.3) is 0 Å². The third-order valence-corrected chi connectivity index (χ3v) is 2.42. The molecule has 17 heavy (non-hydrogen) atoms. The molecule has 0 spiro atoms. The predicted octanol–water partition coefficient (Wildman–Crippen LogP) is -0.0311. The molecule has 0 fully saturated rings. The van der Waals surface area contributed by atoms with Gasteiger partial charge >= 0.3 is 0 Å². The Bertz CT molecular complexity index is 365. The number of aromatic nitrogens is 1. The Balaban J connectivity index is 2.64. The quantitative estimate of drug-likeness (QED) is 0.726.